The average molecular weight is 180 g/mol. The van der Waals surface area contributed by atoms with Crippen LogP contribution in [0.1, 0.15) is 44.1 Å². The van der Waals surface area contributed by atoms with Crippen LogP contribution in [-0.2, 0) is 12.5 Å². The van der Waals surface area contributed by atoms with Crippen LogP contribution < -0.4 is 0 Å². The standard InChI is InChI=1S/C11H20N2/c1-7-11(4,5)10-8(2)12-13(6)9(10)3/h7H2,1-6H3. The van der Waals surface area contributed by atoms with Crippen LogP contribution in [0.5, 0.6) is 0 Å². The van der Waals surface area contributed by atoms with Crippen molar-refractivity contribution in [3.8, 4) is 0 Å². The summed E-state index contributed by atoms with van der Waals surface area (Å²) in [6, 6.07) is 0. The van der Waals surface area contributed by atoms with Gasteiger partial charge in [0.25, 0.3) is 0 Å². The molecule has 0 spiro atoms. The molecule has 0 aromatic carbocycles. The largest absolute Gasteiger partial charge is 0.272 e. The van der Waals surface area contributed by atoms with Gasteiger partial charge in [0.1, 0.15) is 0 Å². The van der Waals surface area contributed by atoms with E-state index in [4.69, 9.17) is 0 Å². The Kier molecular flexibility index (Phi) is 2.51. The van der Waals surface area contributed by atoms with Crippen molar-refractivity contribution in [3.63, 3.8) is 0 Å². The van der Waals surface area contributed by atoms with Crippen molar-refractivity contribution >= 4 is 0 Å². The molecule has 0 saturated carbocycles. The monoisotopic (exact) mass is 180 g/mol. The van der Waals surface area contributed by atoms with Crippen molar-refractivity contribution in [1.29, 1.82) is 0 Å². The first kappa shape index (κ1) is 10.3. The fraction of sp³-hybridized carbons (Fsp3) is 0.727. The van der Waals surface area contributed by atoms with Gasteiger partial charge in [-0.3, -0.25) is 4.68 Å². The van der Waals surface area contributed by atoms with Gasteiger partial charge in [0, 0.05) is 18.3 Å². The fourth-order valence-electron chi connectivity index (χ4n) is 1.93. The Morgan fingerprint density at radius 1 is 1.31 bits per heavy atom. The van der Waals surface area contributed by atoms with Crippen LogP contribution in [0.15, 0.2) is 0 Å². The Hall–Kier alpha value is -0.790. The Labute approximate surface area is 81.0 Å². The normalized spacial score (nSPS) is 12.2. The fourth-order valence-corrected chi connectivity index (χ4v) is 1.93. The summed E-state index contributed by atoms with van der Waals surface area (Å²) in [7, 11) is 2.01. The third-order valence-electron chi connectivity index (χ3n) is 3.07. The molecule has 1 aromatic rings. The van der Waals surface area contributed by atoms with Crippen molar-refractivity contribution < 1.29 is 0 Å². The minimum Gasteiger partial charge on any atom is -0.272 e. The molecule has 0 aliphatic heterocycles. The molecule has 0 radical (unpaired) electrons. The van der Waals surface area contributed by atoms with Gasteiger partial charge in [-0.1, -0.05) is 20.8 Å². The molecule has 2 heteroatoms. The van der Waals surface area contributed by atoms with Crippen LogP contribution in [0.25, 0.3) is 0 Å². The SMILES string of the molecule is CCC(C)(C)c1c(C)nn(C)c1C. The van der Waals surface area contributed by atoms with Crippen LogP contribution >= 0.6 is 0 Å². The first-order valence-electron chi connectivity index (χ1n) is 4.91. The van der Waals surface area contributed by atoms with E-state index in [9.17, 15) is 0 Å². The van der Waals surface area contributed by atoms with Crippen molar-refractivity contribution in [2.24, 2.45) is 7.05 Å². The summed E-state index contributed by atoms with van der Waals surface area (Å²) in [5.41, 5.74) is 4.14. The summed E-state index contributed by atoms with van der Waals surface area (Å²) >= 11 is 0. The van der Waals surface area contributed by atoms with E-state index < -0.39 is 0 Å². The van der Waals surface area contributed by atoms with Crippen molar-refractivity contribution in [2.45, 2.75) is 46.5 Å². The summed E-state index contributed by atoms with van der Waals surface area (Å²) in [6.07, 6.45) is 1.15. The third-order valence-corrected chi connectivity index (χ3v) is 3.07. The molecule has 1 aromatic heterocycles. The third kappa shape index (κ3) is 1.62. The van der Waals surface area contributed by atoms with Gasteiger partial charge in [0.05, 0.1) is 5.69 Å². The lowest BCUT2D eigenvalue weighted by Crippen LogP contribution is -2.17. The topological polar surface area (TPSA) is 17.8 Å². The molecular formula is C11H20N2. The number of hydrogen-bond donors (Lipinski definition) is 0. The first-order valence-corrected chi connectivity index (χ1v) is 4.91. The highest BCUT2D eigenvalue weighted by Gasteiger charge is 2.25. The second kappa shape index (κ2) is 3.17. The lowest BCUT2D eigenvalue weighted by atomic mass is 9.81. The van der Waals surface area contributed by atoms with Crippen LogP contribution in [-0.4, -0.2) is 9.78 Å². The van der Waals surface area contributed by atoms with Crippen LogP contribution in [0.4, 0.5) is 0 Å². The van der Waals surface area contributed by atoms with Crippen LogP contribution in [0.3, 0.4) is 0 Å². The van der Waals surface area contributed by atoms with Gasteiger partial charge in [-0.25, -0.2) is 0 Å². The van der Waals surface area contributed by atoms with E-state index >= 15 is 0 Å². The summed E-state index contributed by atoms with van der Waals surface area (Å²) < 4.78 is 1.97. The molecule has 0 amide bonds. The molecule has 2 nitrogen and oxygen atoms in total. The molecule has 1 rings (SSSR count). The molecule has 0 atom stereocenters. The molecule has 74 valence electrons. The van der Waals surface area contributed by atoms with E-state index in [1.54, 1.807) is 0 Å². The summed E-state index contributed by atoms with van der Waals surface area (Å²) in [6.45, 7) is 11.0. The number of nitrogens with zero attached hydrogens (tertiary/aromatic N) is 2. The maximum absolute atomic E-state index is 4.44. The number of aryl methyl sites for hydroxylation is 2. The maximum atomic E-state index is 4.44. The second-order valence-electron chi connectivity index (χ2n) is 4.41. The highest BCUT2D eigenvalue weighted by molar-refractivity contribution is 5.31. The lowest BCUT2D eigenvalue weighted by molar-refractivity contribution is 0.499. The predicted molar refractivity (Wildman–Crippen MR) is 56.0 cm³/mol. The highest BCUT2D eigenvalue weighted by Crippen LogP contribution is 2.31. The molecule has 1 heterocycles. The van der Waals surface area contributed by atoms with Gasteiger partial charge < -0.3 is 0 Å². The van der Waals surface area contributed by atoms with E-state index in [1.807, 2.05) is 11.7 Å². The Balaban J connectivity index is 3.28. The predicted octanol–water partition coefficient (Wildman–Crippen LogP) is 2.72. The highest BCUT2D eigenvalue weighted by atomic mass is 15.3. The Bertz CT molecular complexity index is 308. The van der Waals surface area contributed by atoms with Crippen molar-refractivity contribution in [2.75, 3.05) is 0 Å². The Morgan fingerprint density at radius 2 is 1.85 bits per heavy atom. The summed E-state index contributed by atoms with van der Waals surface area (Å²) in [5.74, 6) is 0. The van der Waals surface area contributed by atoms with E-state index in [1.165, 1.54) is 17.0 Å². The molecule has 13 heavy (non-hydrogen) atoms. The van der Waals surface area contributed by atoms with Crippen LogP contribution in [0, 0.1) is 13.8 Å². The van der Waals surface area contributed by atoms with Crippen molar-refractivity contribution in [3.05, 3.63) is 17.0 Å². The average Bonchev–Trinajstić information content (AvgIpc) is 2.27. The van der Waals surface area contributed by atoms with Gasteiger partial charge in [0.15, 0.2) is 0 Å². The first-order chi connectivity index (χ1) is 5.90. The molecule has 0 N–H and O–H groups in total. The lowest BCUT2D eigenvalue weighted by Gasteiger charge is -2.23. The zero-order valence-corrected chi connectivity index (χ0v) is 9.60. The van der Waals surface area contributed by atoms with E-state index in [-0.39, 0.29) is 5.41 Å². The smallest absolute Gasteiger partial charge is 0.0633 e. The van der Waals surface area contributed by atoms with Gasteiger partial charge in [-0.15, -0.1) is 0 Å². The minimum absolute atomic E-state index is 0.252. The number of hydrogen-bond acceptors (Lipinski definition) is 1. The number of rotatable bonds is 2. The number of aromatic nitrogens is 2. The molecule has 0 aliphatic rings. The van der Waals surface area contributed by atoms with Gasteiger partial charge in [-0.05, 0) is 25.7 Å². The zero-order valence-electron chi connectivity index (χ0n) is 9.60. The van der Waals surface area contributed by atoms with Gasteiger partial charge >= 0.3 is 0 Å². The minimum atomic E-state index is 0.252. The molecular weight excluding hydrogens is 160 g/mol. The van der Waals surface area contributed by atoms with Gasteiger partial charge in [-0.2, -0.15) is 5.10 Å². The van der Waals surface area contributed by atoms with Gasteiger partial charge in [0.2, 0.25) is 0 Å². The molecule has 0 fully saturated rings. The van der Waals surface area contributed by atoms with E-state index in [2.05, 4.69) is 39.7 Å². The van der Waals surface area contributed by atoms with E-state index in [0.29, 0.717) is 0 Å². The van der Waals surface area contributed by atoms with Crippen molar-refractivity contribution in [1.82, 2.24) is 9.78 Å². The van der Waals surface area contributed by atoms with E-state index in [0.717, 1.165) is 6.42 Å². The summed E-state index contributed by atoms with van der Waals surface area (Å²) in [4.78, 5) is 0. The maximum Gasteiger partial charge on any atom is 0.0633 e. The quantitative estimate of drug-likeness (QED) is 0.684. The molecule has 0 saturated heterocycles. The molecule has 0 aliphatic carbocycles. The summed E-state index contributed by atoms with van der Waals surface area (Å²) in [5, 5.41) is 4.44. The molecule has 0 bridgehead atoms. The zero-order chi connectivity index (χ0) is 10.2. The second-order valence-corrected chi connectivity index (χ2v) is 4.41. The Morgan fingerprint density at radius 3 is 2.15 bits per heavy atom. The molecule has 0 unspecified atom stereocenters. The van der Waals surface area contributed by atoms with Crippen LogP contribution in [0.2, 0.25) is 0 Å².